The van der Waals surface area contributed by atoms with Crippen LogP contribution in [0, 0.1) is 6.92 Å². The molecule has 0 saturated heterocycles. The number of likely N-dealkylation sites (N-methyl/N-ethyl adjacent to an activating group) is 1. The van der Waals surface area contributed by atoms with Gasteiger partial charge in [0, 0.05) is 13.6 Å². The Bertz CT molecular complexity index is 1380. The van der Waals surface area contributed by atoms with Crippen molar-refractivity contribution in [1.29, 1.82) is 0 Å². The summed E-state index contributed by atoms with van der Waals surface area (Å²) < 4.78 is 33.8. The van der Waals surface area contributed by atoms with Crippen LogP contribution in [0.2, 0.25) is 5.02 Å². The number of rotatable bonds is 11. The number of aryl methyl sites for hydroxylation is 1. The Morgan fingerprint density at radius 1 is 1.03 bits per heavy atom. The molecule has 0 unspecified atom stereocenters. The van der Waals surface area contributed by atoms with E-state index in [1.54, 1.807) is 31.2 Å². The third-order valence-corrected chi connectivity index (χ3v) is 8.35. The minimum absolute atomic E-state index is 0.0172. The first-order chi connectivity index (χ1) is 18.1. The van der Waals surface area contributed by atoms with Crippen LogP contribution in [-0.2, 0) is 26.2 Å². The van der Waals surface area contributed by atoms with E-state index < -0.39 is 28.5 Å². The fraction of sp³-hybridized carbons (Fsp3) is 0.286. The summed E-state index contributed by atoms with van der Waals surface area (Å²) in [6.07, 6.45) is 0.344. The van der Waals surface area contributed by atoms with Crippen molar-refractivity contribution < 1.29 is 22.7 Å². The number of nitrogens with zero attached hydrogens (tertiary/aromatic N) is 2. The van der Waals surface area contributed by atoms with Crippen molar-refractivity contribution in [2.45, 2.75) is 37.8 Å². The van der Waals surface area contributed by atoms with Gasteiger partial charge < -0.3 is 15.0 Å². The number of nitrogens with one attached hydrogen (secondary N) is 1. The molecular formula is C28H32ClN3O5S. The number of hydrogen-bond donors (Lipinski definition) is 1. The van der Waals surface area contributed by atoms with Crippen molar-refractivity contribution >= 4 is 39.1 Å². The highest BCUT2D eigenvalue weighted by Gasteiger charge is 2.33. The SMILES string of the molecule is CC[C@H](C(=O)NC)N(Cc1ccccc1C)C(=O)CN(c1ccc(OC)c(Cl)c1)S(=O)(=O)c1ccccc1. The standard InChI is InChI=1S/C28H32ClN3O5S/c1-5-25(28(34)30-3)31(18-21-12-10-9-11-20(21)2)27(33)19-32(22-15-16-26(37-4)24(29)17-22)38(35,36)23-13-7-6-8-14-23/h6-17,25H,5,18-19H2,1-4H3,(H,30,34)/t25-/m1/s1. The van der Waals surface area contributed by atoms with Gasteiger partial charge in [0.1, 0.15) is 18.3 Å². The van der Waals surface area contributed by atoms with Gasteiger partial charge in [0.05, 0.1) is 22.7 Å². The van der Waals surface area contributed by atoms with Crippen molar-refractivity contribution in [3.8, 4) is 5.75 Å². The lowest BCUT2D eigenvalue weighted by Crippen LogP contribution is -2.51. The van der Waals surface area contributed by atoms with Crippen molar-refractivity contribution in [3.63, 3.8) is 0 Å². The fourth-order valence-corrected chi connectivity index (χ4v) is 5.79. The Labute approximate surface area is 229 Å². The lowest BCUT2D eigenvalue weighted by atomic mass is 10.1. The molecule has 0 aliphatic rings. The number of benzene rings is 3. The summed E-state index contributed by atoms with van der Waals surface area (Å²) in [6, 6.07) is 19.1. The molecule has 38 heavy (non-hydrogen) atoms. The monoisotopic (exact) mass is 557 g/mol. The number of hydrogen-bond acceptors (Lipinski definition) is 5. The van der Waals surface area contributed by atoms with Gasteiger partial charge >= 0.3 is 0 Å². The van der Waals surface area contributed by atoms with Gasteiger partial charge in [-0.1, -0.05) is 61.0 Å². The number of carbonyl (C=O) groups excluding carboxylic acids is 2. The molecule has 0 saturated carbocycles. The van der Waals surface area contributed by atoms with Crippen LogP contribution in [0.3, 0.4) is 0 Å². The highest BCUT2D eigenvalue weighted by atomic mass is 35.5. The molecule has 0 aliphatic carbocycles. The number of sulfonamides is 1. The molecule has 1 atom stereocenters. The molecule has 10 heteroatoms. The van der Waals surface area contributed by atoms with Crippen LogP contribution in [0.4, 0.5) is 5.69 Å². The third kappa shape index (κ3) is 6.46. The van der Waals surface area contributed by atoms with Gasteiger partial charge in [-0.15, -0.1) is 0 Å². The molecule has 0 bridgehead atoms. The zero-order chi connectivity index (χ0) is 27.9. The minimum Gasteiger partial charge on any atom is -0.495 e. The number of methoxy groups -OCH3 is 1. The quantitative estimate of drug-likeness (QED) is 0.377. The van der Waals surface area contributed by atoms with Gasteiger partial charge in [-0.2, -0.15) is 0 Å². The molecule has 0 fully saturated rings. The van der Waals surface area contributed by atoms with Gasteiger partial charge in [-0.05, 0) is 54.8 Å². The largest absolute Gasteiger partial charge is 0.495 e. The molecule has 0 radical (unpaired) electrons. The zero-order valence-electron chi connectivity index (χ0n) is 21.8. The number of halogens is 1. The van der Waals surface area contributed by atoms with Gasteiger partial charge in [0.15, 0.2) is 0 Å². The Balaban J connectivity index is 2.09. The predicted molar refractivity (Wildman–Crippen MR) is 149 cm³/mol. The molecule has 3 rings (SSSR count). The Hall–Kier alpha value is -3.56. The number of anilines is 1. The van der Waals surface area contributed by atoms with Gasteiger partial charge in [-0.3, -0.25) is 13.9 Å². The predicted octanol–water partition coefficient (Wildman–Crippen LogP) is 4.41. The third-order valence-electron chi connectivity index (χ3n) is 6.27. The van der Waals surface area contributed by atoms with E-state index >= 15 is 0 Å². The average Bonchev–Trinajstić information content (AvgIpc) is 2.92. The Morgan fingerprint density at radius 3 is 2.26 bits per heavy atom. The second-order valence-electron chi connectivity index (χ2n) is 8.63. The molecule has 3 aromatic carbocycles. The second kappa shape index (κ2) is 12.8. The van der Waals surface area contributed by atoms with E-state index in [4.69, 9.17) is 16.3 Å². The number of carbonyl (C=O) groups is 2. The first kappa shape index (κ1) is 29.0. The van der Waals surface area contributed by atoms with E-state index in [0.29, 0.717) is 12.2 Å². The molecular weight excluding hydrogens is 526 g/mol. The zero-order valence-corrected chi connectivity index (χ0v) is 23.4. The molecule has 0 aliphatic heterocycles. The topological polar surface area (TPSA) is 96.0 Å². The van der Waals surface area contributed by atoms with Crippen LogP contribution in [-0.4, -0.2) is 51.9 Å². The van der Waals surface area contributed by atoms with Gasteiger partial charge in [-0.25, -0.2) is 8.42 Å². The van der Waals surface area contributed by atoms with Crippen LogP contribution in [0.5, 0.6) is 5.75 Å². The molecule has 3 aromatic rings. The molecule has 202 valence electrons. The average molecular weight is 558 g/mol. The van der Waals surface area contributed by atoms with E-state index in [9.17, 15) is 18.0 Å². The van der Waals surface area contributed by atoms with E-state index in [1.165, 1.54) is 43.3 Å². The maximum Gasteiger partial charge on any atom is 0.264 e. The fourth-order valence-electron chi connectivity index (χ4n) is 4.12. The summed E-state index contributed by atoms with van der Waals surface area (Å²) in [6.45, 7) is 3.32. The summed E-state index contributed by atoms with van der Waals surface area (Å²) in [5, 5.41) is 2.81. The summed E-state index contributed by atoms with van der Waals surface area (Å²) in [7, 11) is -1.21. The van der Waals surface area contributed by atoms with E-state index in [1.807, 2.05) is 31.2 Å². The summed E-state index contributed by atoms with van der Waals surface area (Å²) in [5.74, 6) is -0.500. The summed E-state index contributed by atoms with van der Waals surface area (Å²) >= 11 is 6.33. The molecule has 2 amide bonds. The second-order valence-corrected chi connectivity index (χ2v) is 10.9. The first-order valence-corrected chi connectivity index (χ1v) is 13.9. The Kier molecular flexibility index (Phi) is 9.77. The van der Waals surface area contributed by atoms with Crippen LogP contribution in [0.1, 0.15) is 24.5 Å². The maximum absolute atomic E-state index is 13.9. The molecule has 0 heterocycles. The van der Waals surface area contributed by atoms with Crippen molar-refractivity contribution in [2.24, 2.45) is 0 Å². The van der Waals surface area contributed by atoms with E-state index in [-0.39, 0.29) is 28.1 Å². The van der Waals surface area contributed by atoms with Gasteiger partial charge in [0.2, 0.25) is 11.8 Å². The van der Waals surface area contributed by atoms with Crippen LogP contribution < -0.4 is 14.4 Å². The lowest BCUT2D eigenvalue weighted by Gasteiger charge is -2.33. The van der Waals surface area contributed by atoms with Crippen molar-refractivity contribution in [2.75, 3.05) is 25.0 Å². The molecule has 0 spiro atoms. The lowest BCUT2D eigenvalue weighted by molar-refractivity contribution is -0.140. The van der Waals surface area contributed by atoms with E-state index in [0.717, 1.165) is 15.4 Å². The number of ether oxygens (including phenoxy) is 1. The van der Waals surface area contributed by atoms with E-state index in [2.05, 4.69) is 5.32 Å². The van der Waals surface area contributed by atoms with Crippen molar-refractivity contribution in [3.05, 3.63) is 88.9 Å². The minimum atomic E-state index is -4.17. The first-order valence-electron chi connectivity index (χ1n) is 12.1. The summed E-state index contributed by atoms with van der Waals surface area (Å²) in [5.41, 5.74) is 2.00. The highest BCUT2D eigenvalue weighted by Crippen LogP contribution is 2.32. The molecule has 1 N–H and O–H groups in total. The molecule has 0 aromatic heterocycles. The van der Waals surface area contributed by atoms with Crippen LogP contribution in [0.15, 0.2) is 77.7 Å². The van der Waals surface area contributed by atoms with Crippen molar-refractivity contribution in [1.82, 2.24) is 10.2 Å². The Morgan fingerprint density at radius 2 is 1.68 bits per heavy atom. The smallest absolute Gasteiger partial charge is 0.264 e. The maximum atomic E-state index is 13.9. The number of amides is 2. The van der Waals surface area contributed by atoms with Crippen LogP contribution in [0.25, 0.3) is 0 Å². The van der Waals surface area contributed by atoms with Crippen LogP contribution >= 0.6 is 11.6 Å². The summed E-state index contributed by atoms with van der Waals surface area (Å²) in [4.78, 5) is 28.2. The van der Waals surface area contributed by atoms with Gasteiger partial charge in [0.25, 0.3) is 10.0 Å². The highest BCUT2D eigenvalue weighted by molar-refractivity contribution is 7.92. The normalized spacial score (nSPS) is 11.9. The molecule has 8 nitrogen and oxygen atoms in total.